The summed E-state index contributed by atoms with van der Waals surface area (Å²) in [5.74, 6) is -0.307. The van der Waals surface area contributed by atoms with Crippen molar-refractivity contribution in [3.05, 3.63) is 53.6 Å². The molecule has 0 aliphatic rings. The van der Waals surface area contributed by atoms with Gasteiger partial charge in [0.25, 0.3) is 0 Å². The van der Waals surface area contributed by atoms with Crippen LogP contribution in [0.5, 0.6) is 5.75 Å². The van der Waals surface area contributed by atoms with Crippen molar-refractivity contribution in [2.24, 2.45) is 0 Å². The van der Waals surface area contributed by atoms with E-state index in [0.29, 0.717) is 11.3 Å². The Morgan fingerprint density at radius 2 is 2.00 bits per heavy atom. The molecule has 0 unspecified atom stereocenters. The minimum atomic E-state index is -0.449. The van der Waals surface area contributed by atoms with Gasteiger partial charge >= 0.3 is 5.97 Å². The quantitative estimate of drug-likeness (QED) is 0.666. The number of anilines is 2. The third kappa shape index (κ3) is 3.66. The zero-order chi connectivity index (χ0) is 15.4. The van der Waals surface area contributed by atoms with Gasteiger partial charge in [0.1, 0.15) is 12.4 Å². The van der Waals surface area contributed by atoms with E-state index in [1.54, 1.807) is 42.5 Å². The van der Waals surface area contributed by atoms with Gasteiger partial charge in [0.05, 0.1) is 16.9 Å². The lowest BCUT2D eigenvalue weighted by Crippen LogP contribution is -2.12. The van der Waals surface area contributed by atoms with Gasteiger partial charge < -0.3 is 20.5 Å². The molecular weight excluding hydrogens is 268 g/mol. The molecule has 0 aliphatic heterocycles. The van der Waals surface area contributed by atoms with Gasteiger partial charge in [-0.2, -0.15) is 0 Å². The number of nitrogen functional groups attached to an aromatic ring is 1. The number of ether oxygens (including phenoxy) is 1. The number of hydrogen-bond donors (Lipinski definition) is 2. The fourth-order valence-corrected chi connectivity index (χ4v) is 1.97. The molecule has 110 valence electrons. The molecule has 3 N–H and O–H groups in total. The maximum atomic E-state index is 12.0. The van der Waals surface area contributed by atoms with Gasteiger partial charge in [0.15, 0.2) is 0 Å². The lowest BCUT2D eigenvalue weighted by Gasteiger charge is -2.15. The molecule has 2 aromatic carbocycles. The molecule has 0 atom stereocenters. The highest BCUT2D eigenvalue weighted by molar-refractivity contribution is 5.92. The number of aromatic hydroxyl groups is 1. The lowest BCUT2D eigenvalue weighted by molar-refractivity contribution is 0.0472. The van der Waals surface area contributed by atoms with E-state index in [9.17, 15) is 9.90 Å². The number of carbonyl (C=O) groups excluding carboxylic acids is 1. The highest BCUT2D eigenvalue weighted by atomic mass is 16.5. The number of phenolic OH excluding ortho intramolecular Hbond substituents is 1. The van der Waals surface area contributed by atoms with Gasteiger partial charge in [-0.05, 0) is 35.9 Å². The van der Waals surface area contributed by atoms with Gasteiger partial charge in [-0.1, -0.05) is 12.1 Å². The molecule has 2 rings (SSSR count). The van der Waals surface area contributed by atoms with Crippen molar-refractivity contribution in [2.75, 3.05) is 24.7 Å². The largest absolute Gasteiger partial charge is 0.508 e. The van der Waals surface area contributed by atoms with E-state index in [1.165, 1.54) is 0 Å². The molecule has 5 heteroatoms. The number of rotatable bonds is 4. The van der Waals surface area contributed by atoms with Crippen LogP contribution in [0.2, 0.25) is 0 Å². The second-order valence-corrected chi connectivity index (χ2v) is 4.91. The molecule has 21 heavy (non-hydrogen) atoms. The first kappa shape index (κ1) is 14.7. The predicted octanol–water partition coefficient (Wildman–Crippen LogP) is 2.40. The molecular formula is C16H18N2O3. The van der Waals surface area contributed by atoms with Crippen LogP contribution >= 0.6 is 0 Å². The summed E-state index contributed by atoms with van der Waals surface area (Å²) in [6, 6.07) is 11.6. The fraction of sp³-hybridized carbons (Fsp3) is 0.188. The Kier molecular flexibility index (Phi) is 4.33. The summed E-state index contributed by atoms with van der Waals surface area (Å²) in [5.41, 5.74) is 8.40. The molecule has 0 aromatic heterocycles. The molecule has 0 spiro atoms. The van der Waals surface area contributed by atoms with E-state index < -0.39 is 5.97 Å². The predicted molar refractivity (Wildman–Crippen MR) is 82.4 cm³/mol. The van der Waals surface area contributed by atoms with Crippen LogP contribution in [-0.2, 0) is 11.3 Å². The summed E-state index contributed by atoms with van der Waals surface area (Å²) >= 11 is 0. The summed E-state index contributed by atoms with van der Waals surface area (Å²) in [6.45, 7) is 0.0998. The first-order valence-electron chi connectivity index (χ1n) is 6.49. The molecule has 0 radical (unpaired) electrons. The van der Waals surface area contributed by atoms with Crippen LogP contribution in [0.3, 0.4) is 0 Å². The van der Waals surface area contributed by atoms with E-state index >= 15 is 0 Å². The van der Waals surface area contributed by atoms with Gasteiger partial charge in [0.2, 0.25) is 0 Å². The van der Waals surface area contributed by atoms with E-state index in [4.69, 9.17) is 10.5 Å². The van der Waals surface area contributed by atoms with E-state index in [1.807, 2.05) is 19.0 Å². The topological polar surface area (TPSA) is 75.8 Å². The molecule has 0 saturated heterocycles. The third-order valence-corrected chi connectivity index (χ3v) is 3.03. The SMILES string of the molecule is CN(C)c1ccc(C(=O)OCc2cccc(O)c2)cc1N. The Morgan fingerprint density at radius 1 is 1.24 bits per heavy atom. The van der Waals surface area contributed by atoms with Crippen LogP contribution in [0, 0.1) is 0 Å². The van der Waals surface area contributed by atoms with Gasteiger partial charge in [-0.15, -0.1) is 0 Å². The number of benzene rings is 2. The fourth-order valence-electron chi connectivity index (χ4n) is 1.97. The summed E-state index contributed by atoms with van der Waals surface area (Å²) in [6.07, 6.45) is 0. The van der Waals surface area contributed by atoms with Gasteiger partial charge in [-0.3, -0.25) is 0 Å². The van der Waals surface area contributed by atoms with Crippen LogP contribution in [0.1, 0.15) is 15.9 Å². The molecule has 0 bridgehead atoms. The molecule has 0 fully saturated rings. The third-order valence-electron chi connectivity index (χ3n) is 3.03. The highest BCUT2D eigenvalue weighted by Gasteiger charge is 2.10. The smallest absolute Gasteiger partial charge is 0.338 e. The molecule has 0 heterocycles. The number of esters is 1. The Labute approximate surface area is 123 Å². The minimum absolute atomic E-state index is 0.0998. The number of nitrogens with two attached hydrogens (primary N) is 1. The Morgan fingerprint density at radius 3 is 2.62 bits per heavy atom. The Bertz CT molecular complexity index is 654. The summed E-state index contributed by atoms with van der Waals surface area (Å²) in [7, 11) is 3.76. The second kappa shape index (κ2) is 6.17. The number of phenols is 1. The molecule has 5 nitrogen and oxygen atoms in total. The van der Waals surface area contributed by atoms with E-state index in [-0.39, 0.29) is 12.4 Å². The van der Waals surface area contributed by atoms with Crippen molar-refractivity contribution in [3.8, 4) is 5.75 Å². The van der Waals surface area contributed by atoms with Crippen molar-refractivity contribution in [2.45, 2.75) is 6.61 Å². The average molecular weight is 286 g/mol. The van der Waals surface area contributed by atoms with Crippen LogP contribution in [-0.4, -0.2) is 25.2 Å². The second-order valence-electron chi connectivity index (χ2n) is 4.91. The summed E-state index contributed by atoms with van der Waals surface area (Å²) in [4.78, 5) is 13.9. The normalized spacial score (nSPS) is 10.2. The zero-order valence-electron chi connectivity index (χ0n) is 12.0. The first-order valence-corrected chi connectivity index (χ1v) is 6.49. The number of hydrogen-bond acceptors (Lipinski definition) is 5. The summed E-state index contributed by atoms with van der Waals surface area (Å²) < 4.78 is 5.21. The van der Waals surface area contributed by atoms with Gasteiger partial charge in [0, 0.05) is 14.1 Å². The molecule has 0 amide bonds. The average Bonchev–Trinajstić information content (AvgIpc) is 2.44. The lowest BCUT2D eigenvalue weighted by atomic mass is 10.1. The van der Waals surface area contributed by atoms with Crippen molar-refractivity contribution in [1.82, 2.24) is 0 Å². The molecule has 0 aliphatic carbocycles. The van der Waals surface area contributed by atoms with E-state index in [2.05, 4.69) is 0 Å². The monoisotopic (exact) mass is 286 g/mol. The van der Waals surface area contributed by atoms with Gasteiger partial charge in [-0.25, -0.2) is 4.79 Å². The summed E-state index contributed by atoms with van der Waals surface area (Å²) in [5, 5.41) is 9.35. The molecule has 0 saturated carbocycles. The van der Waals surface area contributed by atoms with Crippen LogP contribution in [0.4, 0.5) is 11.4 Å². The molecule has 2 aromatic rings. The standard InChI is InChI=1S/C16H18N2O3/c1-18(2)15-7-6-12(9-14(15)17)16(20)21-10-11-4-3-5-13(19)8-11/h3-9,19H,10,17H2,1-2H3. The van der Waals surface area contributed by atoms with E-state index in [0.717, 1.165) is 11.3 Å². The highest BCUT2D eigenvalue weighted by Crippen LogP contribution is 2.23. The van der Waals surface area contributed by atoms with Crippen molar-refractivity contribution in [3.63, 3.8) is 0 Å². The van der Waals surface area contributed by atoms with Crippen molar-refractivity contribution >= 4 is 17.3 Å². The van der Waals surface area contributed by atoms with Crippen LogP contribution in [0.15, 0.2) is 42.5 Å². The maximum absolute atomic E-state index is 12.0. The number of carbonyl (C=O) groups is 1. The zero-order valence-corrected chi connectivity index (χ0v) is 12.0. The first-order chi connectivity index (χ1) is 9.97. The van der Waals surface area contributed by atoms with Crippen LogP contribution in [0.25, 0.3) is 0 Å². The van der Waals surface area contributed by atoms with Crippen molar-refractivity contribution in [1.29, 1.82) is 0 Å². The minimum Gasteiger partial charge on any atom is -0.508 e. The Balaban J connectivity index is 2.05. The van der Waals surface area contributed by atoms with Crippen LogP contribution < -0.4 is 10.6 Å². The Hall–Kier alpha value is -2.69. The maximum Gasteiger partial charge on any atom is 0.338 e. The van der Waals surface area contributed by atoms with Crippen molar-refractivity contribution < 1.29 is 14.6 Å². The number of nitrogens with zero attached hydrogens (tertiary/aromatic N) is 1.